The number of ether oxygens (including phenoxy) is 7. The van der Waals surface area contributed by atoms with Gasteiger partial charge in [-0.05, 0) is 121 Å². The minimum absolute atomic E-state index is 0.117. The van der Waals surface area contributed by atoms with Gasteiger partial charge in [0.15, 0.2) is 12.2 Å². The lowest BCUT2D eigenvalue weighted by Crippen LogP contribution is -2.34. The van der Waals surface area contributed by atoms with Crippen LogP contribution in [0.5, 0.6) is 11.5 Å². The van der Waals surface area contributed by atoms with Crippen molar-refractivity contribution in [3.05, 3.63) is 109 Å². The number of hydrogen-bond donors (Lipinski definition) is 0. The van der Waals surface area contributed by atoms with Crippen LogP contribution in [-0.4, -0.2) is 75.7 Å². The number of carbonyl (C=O) groups is 4. The third-order valence-electron chi connectivity index (χ3n) is 9.03. The molecular formula is C44H48O11. The summed E-state index contributed by atoms with van der Waals surface area (Å²) < 4.78 is 38.9. The van der Waals surface area contributed by atoms with E-state index in [2.05, 4.69) is 13.2 Å². The number of carbonyl (C=O) groups excluding carboxylic acids is 4. The maximum Gasteiger partial charge on any atom is 0.338 e. The van der Waals surface area contributed by atoms with Gasteiger partial charge < -0.3 is 33.2 Å². The van der Waals surface area contributed by atoms with Crippen molar-refractivity contribution in [2.24, 2.45) is 0 Å². The summed E-state index contributed by atoms with van der Waals surface area (Å²) in [7, 11) is 0. The van der Waals surface area contributed by atoms with Gasteiger partial charge in [0.05, 0.1) is 50.8 Å². The molecule has 4 aromatic rings. The van der Waals surface area contributed by atoms with Crippen molar-refractivity contribution >= 4 is 45.4 Å². The Hall–Kier alpha value is -5.68. The molecule has 0 unspecified atom stereocenters. The zero-order valence-electron chi connectivity index (χ0n) is 31.0. The lowest BCUT2D eigenvalue weighted by molar-refractivity contribution is -0.138. The summed E-state index contributed by atoms with van der Waals surface area (Å²) in [6, 6.07) is 22.0. The summed E-state index contributed by atoms with van der Waals surface area (Å²) in [5.41, 5.74) is 0.747. The molecule has 0 aliphatic carbocycles. The molecule has 1 saturated heterocycles. The molecular weight excluding hydrogens is 704 g/mol. The first-order valence-corrected chi connectivity index (χ1v) is 18.7. The quantitative estimate of drug-likeness (QED) is 0.0334. The van der Waals surface area contributed by atoms with Gasteiger partial charge in [-0.2, -0.15) is 0 Å². The molecule has 11 heteroatoms. The van der Waals surface area contributed by atoms with Crippen LogP contribution in [0.4, 0.5) is 0 Å². The first-order valence-electron chi connectivity index (χ1n) is 18.7. The Morgan fingerprint density at radius 1 is 0.527 bits per heavy atom. The molecule has 0 spiro atoms. The highest BCUT2D eigenvalue weighted by atomic mass is 16.6. The van der Waals surface area contributed by atoms with Crippen molar-refractivity contribution in [1.82, 2.24) is 0 Å². The van der Waals surface area contributed by atoms with Crippen molar-refractivity contribution in [3.63, 3.8) is 0 Å². The molecule has 0 bridgehead atoms. The van der Waals surface area contributed by atoms with Crippen LogP contribution in [0.1, 0.15) is 72.1 Å². The van der Waals surface area contributed by atoms with Gasteiger partial charge in [-0.15, -0.1) is 0 Å². The van der Waals surface area contributed by atoms with E-state index in [1.165, 1.54) is 0 Å². The smallest absolute Gasteiger partial charge is 0.338 e. The van der Waals surface area contributed by atoms with Gasteiger partial charge in [-0.1, -0.05) is 37.4 Å². The first-order chi connectivity index (χ1) is 26.8. The van der Waals surface area contributed by atoms with E-state index >= 15 is 0 Å². The van der Waals surface area contributed by atoms with Crippen LogP contribution in [0, 0.1) is 0 Å². The van der Waals surface area contributed by atoms with Crippen molar-refractivity contribution in [1.29, 1.82) is 0 Å². The molecule has 0 radical (unpaired) electrons. The average molecular weight is 753 g/mol. The van der Waals surface area contributed by atoms with Gasteiger partial charge >= 0.3 is 23.9 Å². The first kappa shape index (κ1) is 40.5. The second-order valence-corrected chi connectivity index (χ2v) is 13.1. The number of hydrogen-bond acceptors (Lipinski definition) is 11. The Bertz CT molecular complexity index is 1810. The van der Waals surface area contributed by atoms with E-state index in [1.54, 1.807) is 24.3 Å². The zero-order chi connectivity index (χ0) is 38.8. The largest absolute Gasteiger partial charge is 0.494 e. The van der Waals surface area contributed by atoms with Crippen LogP contribution in [-0.2, 0) is 33.3 Å². The van der Waals surface area contributed by atoms with Crippen molar-refractivity contribution in [3.8, 4) is 11.5 Å². The number of esters is 4. The molecule has 1 fully saturated rings. The maximum absolute atomic E-state index is 13.2. The lowest BCUT2D eigenvalue weighted by Gasteiger charge is -2.19. The van der Waals surface area contributed by atoms with E-state index in [1.807, 2.05) is 48.5 Å². The average Bonchev–Trinajstić information content (AvgIpc) is 3.64. The van der Waals surface area contributed by atoms with Crippen LogP contribution >= 0.6 is 0 Å². The van der Waals surface area contributed by atoms with Crippen molar-refractivity contribution in [2.45, 2.75) is 63.6 Å². The molecule has 0 aromatic heterocycles. The van der Waals surface area contributed by atoms with Crippen LogP contribution in [0.2, 0.25) is 0 Å². The fourth-order valence-electron chi connectivity index (χ4n) is 5.99. The SMILES string of the molecule is C=CC(=O)OCCCCCCOc1ccc2cc(C(=O)O[C@H]3COC[C@@H]3OC(=O)c3ccc4cc(OCCCCCCOC(=O)C=C)ccc4c3)ccc2c1. The highest BCUT2D eigenvalue weighted by Crippen LogP contribution is 2.26. The van der Waals surface area contributed by atoms with E-state index in [9.17, 15) is 19.2 Å². The van der Waals surface area contributed by atoms with Crippen molar-refractivity contribution in [2.75, 3.05) is 39.6 Å². The highest BCUT2D eigenvalue weighted by Gasteiger charge is 2.35. The van der Waals surface area contributed by atoms with E-state index in [-0.39, 0.29) is 13.2 Å². The monoisotopic (exact) mass is 752 g/mol. The minimum Gasteiger partial charge on any atom is -0.494 e. The van der Waals surface area contributed by atoms with Crippen LogP contribution < -0.4 is 9.47 Å². The molecule has 4 aromatic carbocycles. The number of rotatable bonds is 22. The maximum atomic E-state index is 13.2. The zero-order valence-corrected chi connectivity index (χ0v) is 31.0. The predicted octanol–water partition coefficient (Wildman–Crippen LogP) is 8.11. The van der Waals surface area contributed by atoms with Gasteiger partial charge in [-0.25, -0.2) is 19.2 Å². The Morgan fingerprint density at radius 3 is 1.33 bits per heavy atom. The topological polar surface area (TPSA) is 133 Å². The normalized spacial score (nSPS) is 14.9. The van der Waals surface area contributed by atoms with Gasteiger partial charge in [0.25, 0.3) is 0 Å². The third kappa shape index (κ3) is 12.7. The van der Waals surface area contributed by atoms with Gasteiger partial charge in [0.2, 0.25) is 0 Å². The van der Waals surface area contributed by atoms with Crippen molar-refractivity contribution < 1.29 is 52.3 Å². The summed E-state index contributed by atoms with van der Waals surface area (Å²) >= 11 is 0. The lowest BCUT2D eigenvalue weighted by atomic mass is 10.1. The molecule has 1 aliphatic rings. The Balaban J connectivity index is 1.04. The highest BCUT2D eigenvalue weighted by molar-refractivity contribution is 5.97. The molecule has 1 heterocycles. The fraction of sp³-hybridized carbons (Fsp3) is 0.364. The minimum atomic E-state index is -0.750. The molecule has 0 N–H and O–H groups in total. The van der Waals surface area contributed by atoms with E-state index in [4.69, 9.17) is 33.2 Å². The Kier molecular flexibility index (Phi) is 15.7. The molecule has 11 nitrogen and oxygen atoms in total. The number of unbranched alkanes of at least 4 members (excludes halogenated alkanes) is 6. The summed E-state index contributed by atoms with van der Waals surface area (Å²) in [4.78, 5) is 48.5. The van der Waals surface area contributed by atoms with Crippen LogP contribution in [0.25, 0.3) is 21.5 Å². The van der Waals surface area contributed by atoms with Gasteiger partial charge in [0, 0.05) is 12.2 Å². The molecule has 0 amide bonds. The molecule has 0 saturated carbocycles. The number of benzene rings is 4. The summed E-state index contributed by atoms with van der Waals surface area (Å²) in [5.74, 6) is -0.390. The second-order valence-electron chi connectivity index (χ2n) is 13.1. The summed E-state index contributed by atoms with van der Waals surface area (Å²) in [5, 5.41) is 3.55. The van der Waals surface area contributed by atoms with E-state index in [0.29, 0.717) is 37.6 Å². The van der Waals surface area contributed by atoms with Crippen LogP contribution in [0.3, 0.4) is 0 Å². The summed E-state index contributed by atoms with van der Waals surface area (Å²) in [6.07, 6.45) is 7.97. The standard InChI is InChI=1S/C44H48O11/c1-3-41(45)52-23-11-7-5-9-21-50-37-19-17-31-25-35(15-13-33(31)27-37)43(47)54-39-29-49-30-40(39)55-44(48)36-16-14-34-28-38(20-18-32(34)26-36)51-22-10-6-8-12-24-53-42(46)4-2/h3-4,13-20,25-28,39-40H,1-2,5-12,21-24,29-30H2/t39-,40-/m0/s1. The number of fused-ring (bicyclic) bond motifs is 2. The summed E-state index contributed by atoms with van der Waals surface area (Å²) in [6.45, 7) is 8.91. The Labute approximate surface area is 321 Å². The van der Waals surface area contributed by atoms with Crippen LogP contribution in [0.15, 0.2) is 98.1 Å². The molecule has 55 heavy (non-hydrogen) atoms. The molecule has 290 valence electrons. The van der Waals surface area contributed by atoms with E-state index in [0.717, 1.165) is 96.6 Å². The predicted molar refractivity (Wildman–Crippen MR) is 207 cm³/mol. The van der Waals surface area contributed by atoms with Gasteiger partial charge in [-0.3, -0.25) is 0 Å². The molecule has 1 aliphatic heterocycles. The fourth-order valence-corrected chi connectivity index (χ4v) is 5.99. The van der Waals surface area contributed by atoms with E-state index < -0.39 is 36.1 Å². The van der Waals surface area contributed by atoms with Gasteiger partial charge in [0.1, 0.15) is 11.5 Å². The molecule has 5 rings (SSSR count). The Morgan fingerprint density at radius 2 is 0.909 bits per heavy atom. The molecule has 2 atom stereocenters. The third-order valence-corrected chi connectivity index (χ3v) is 9.03. The second kappa shape index (κ2) is 21.3.